The summed E-state index contributed by atoms with van der Waals surface area (Å²) >= 11 is 0. The summed E-state index contributed by atoms with van der Waals surface area (Å²) in [4.78, 5) is 0. The highest BCUT2D eigenvalue weighted by Crippen LogP contribution is 2.27. The number of hydrogen-bond acceptors (Lipinski definition) is 2. The Bertz CT molecular complexity index is 197. The maximum atomic E-state index is 3.91. The molecule has 1 aliphatic heterocycles. The number of piperidine rings is 1. The minimum absolute atomic E-state index is 0.768. The summed E-state index contributed by atoms with van der Waals surface area (Å²) in [5.41, 5.74) is 0. The summed E-state index contributed by atoms with van der Waals surface area (Å²) in [5.74, 6) is 1.82. The molecule has 2 unspecified atom stereocenters. The summed E-state index contributed by atoms with van der Waals surface area (Å²) < 4.78 is 0. The highest BCUT2D eigenvalue weighted by atomic mass is 15.0. The maximum Gasteiger partial charge on any atom is 0.0119 e. The molecule has 2 N–H and O–H groups in total. The van der Waals surface area contributed by atoms with E-state index in [0.717, 1.165) is 23.9 Å². The first-order valence-electron chi connectivity index (χ1n) is 7.26. The normalized spacial score (nSPS) is 40.9. The largest absolute Gasteiger partial charge is 0.316 e. The Balaban J connectivity index is 1.73. The van der Waals surface area contributed by atoms with Gasteiger partial charge in [0.1, 0.15) is 0 Å². The molecule has 2 aliphatic rings. The van der Waals surface area contributed by atoms with E-state index >= 15 is 0 Å². The summed E-state index contributed by atoms with van der Waals surface area (Å²) in [6.07, 6.45) is 8.43. The lowest BCUT2D eigenvalue weighted by Gasteiger charge is -2.36. The molecule has 0 amide bonds. The number of rotatable bonds is 3. The van der Waals surface area contributed by atoms with Crippen molar-refractivity contribution >= 4 is 0 Å². The Kier molecular flexibility index (Phi) is 4.66. The maximum absolute atomic E-state index is 3.91. The van der Waals surface area contributed by atoms with E-state index in [1.54, 1.807) is 0 Å². The average Bonchev–Trinajstić information content (AvgIpc) is 2.33. The second-order valence-corrected chi connectivity index (χ2v) is 5.87. The van der Waals surface area contributed by atoms with Crippen molar-refractivity contribution in [3.63, 3.8) is 0 Å². The molecule has 2 heteroatoms. The topological polar surface area (TPSA) is 24.1 Å². The molecular weight excluding hydrogens is 196 g/mol. The van der Waals surface area contributed by atoms with Crippen LogP contribution in [0.3, 0.4) is 0 Å². The Morgan fingerprint density at radius 2 is 1.88 bits per heavy atom. The van der Waals surface area contributed by atoms with E-state index in [2.05, 4.69) is 24.5 Å². The lowest BCUT2D eigenvalue weighted by atomic mass is 9.83. The number of hydrogen-bond donors (Lipinski definition) is 2. The zero-order valence-electron chi connectivity index (χ0n) is 11.0. The fourth-order valence-electron chi connectivity index (χ4n) is 3.30. The van der Waals surface area contributed by atoms with Gasteiger partial charge in [0.05, 0.1) is 0 Å². The predicted molar refractivity (Wildman–Crippen MR) is 69.6 cm³/mol. The third-order valence-corrected chi connectivity index (χ3v) is 4.66. The van der Waals surface area contributed by atoms with Gasteiger partial charge >= 0.3 is 0 Å². The lowest BCUT2D eigenvalue weighted by molar-refractivity contribution is 0.221. The van der Waals surface area contributed by atoms with Gasteiger partial charge in [-0.2, -0.15) is 0 Å². The van der Waals surface area contributed by atoms with E-state index in [9.17, 15) is 0 Å². The first kappa shape index (κ1) is 12.4. The van der Waals surface area contributed by atoms with Crippen molar-refractivity contribution < 1.29 is 0 Å². The van der Waals surface area contributed by atoms with E-state index in [-0.39, 0.29) is 0 Å². The van der Waals surface area contributed by atoms with E-state index in [1.165, 1.54) is 51.6 Å². The van der Waals surface area contributed by atoms with E-state index < -0.39 is 0 Å². The van der Waals surface area contributed by atoms with Crippen molar-refractivity contribution in [1.82, 2.24) is 10.6 Å². The van der Waals surface area contributed by atoms with Gasteiger partial charge in [-0.05, 0) is 57.0 Å². The summed E-state index contributed by atoms with van der Waals surface area (Å²) in [6.45, 7) is 7.11. The van der Waals surface area contributed by atoms with Crippen LogP contribution in [0.5, 0.6) is 0 Å². The molecule has 2 atom stereocenters. The molecule has 0 bridgehead atoms. The van der Waals surface area contributed by atoms with Crippen molar-refractivity contribution in [3.8, 4) is 0 Å². The fraction of sp³-hybridized carbons (Fsp3) is 1.00. The monoisotopic (exact) mass is 224 g/mol. The molecule has 2 fully saturated rings. The second kappa shape index (κ2) is 6.02. The summed E-state index contributed by atoms with van der Waals surface area (Å²) in [5, 5.41) is 7.39. The Labute approximate surface area is 101 Å². The Hall–Kier alpha value is -0.0800. The molecule has 0 aromatic carbocycles. The van der Waals surface area contributed by atoms with Crippen LogP contribution in [0.2, 0.25) is 0 Å². The van der Waals surface area contributed by atoms with Gasteiger partial charge in [-0.25, -0.2) is 0 Å². The summed E-state index contributed by atoms with van der Waals surface area (Å²) in [6, 6.07) is 1.58. The smallest absolute Gasteiger partial charge is 0.0119 e. The molecule has 16 heavy (non-hydrogen) atoms. The minimum atomic E-state index is 0.768. The Morgan fingerprint density at radius 3 is 2.50 bits per heavy atom. The quantitative estimate of drug-likeness (QED) is 0.770. The standard InChI is InChI=1S/C14H28N2/c1-3-12-4-6-13(7-5-12)16-14-8-9-15-10-11(14)2/h11-16H,3-10H2,1-2H3. The average molecular weight is 224 g/mol. The van der Waals surface area contributed by atoms with E-state index in [0.29, 0.717) is 0 Å². The van der Waals surface area contributed by atoms with Crippen LogP contribution in [-0.4, -0.2) is 25.2 Å². The van der Waals surface area contributed by atoms with Gasteiger partial charge in [0.25, 0.3) is 0 Å². The molecule has 94 valence electrons. The van der Waals surface area contributed by atoms with Crippen LogP contribution in [0.4, 0.5) is 0 Å². The minimum Gasteiger partial charge on any atom is -0.316 e. The van der Waals surface area contributed by atoms with Gasteiger partial charge in [0, 0.05) is 12.1 Å². The van der Waals surface area contributed by atoms with E-state index in [1.807, 2.05) is 0 Å². The van der Waals surface area contributed by atoms with Crippen LogP contribution in [0, 0.1) is 11.8 Å². The van der Waals surface area contributed by atoms with Crippen molar-refractivity contribution in [3.05, 3.63) is 0 Å². The first-order chi connectivity index (χ1) is 7.79. The predicted octanol–water partition coefficient (Wildman–Crippen LogP) is 2.54. The second-order valence-electron chi connectivity index (χ2n) is 5.87. The first-order valence-corrected chi connectivity index (χ1v) is 7.26. The molecule has 0 aromatic rings. The molecule has 0 spiro atoms. The SMILES string of the molecule is CCC1CCC(NC2CCNCC2C)CC1. The van der Waals surface area contributed by atoms with Gasteiger partial charge in [-0.3, -0.25) is 0 Å². The summed E-state index contributed by atoms with van der Waals surface area (Å²) in [7, 11) is 0. The van der Waals surface area contributed by atoms with Crippen molar-refractivity contribution in [2.75, 3.05) is 13.1 Å². The van der Waals surface area contributed by atoms with Crippen LogP contribution >= 0.6 is 0 Å². The molecule has 1 aliphatic carbocycles. The third-order valence-electron chi connectivity index (χ3n) is 4.66. The van der Waals surface area contributed by atoms with Gasteiger partial charge in [-0.1, -0.05) is 20.3 Å². The van der Waals surface area contributed by atoms with Crippen LogP contribution in [-0.2, 0) is 0 Å². The third kappa shape index (κ3) is 3.21. The van der Waals surface area contributed by atoms with Crippen molar-refractivity contribution in [2.24, 2.45) is 11.8 Å². The van der Waals surface area contributed by atoms with E-state index in [4.69, 9.17) is 0 Å². The Morgan fingerprint density at radius 1 is 1.12 bits per heavy atom. The molecule has 0 aromatic heterocycles. The van der Waals surface area contributed by atoms with Crippen LogP contribution in [0.1, 0.15) is 52.4 Å². The molecule has 2 rings (SSSR count). The van der Waals surface area contributed by atoms with Crippen molar-refractivity contribution in [1.29, 1.82) is 0 Å². The van der Waals surface area contributed by atoms with Crippen LogP contribution in [0.25, 0.3) is 0 Å². The lowest BCUT2D eigenvalue weighted by Crippen LogP contribution is -2.50. The molecular formula is C14H28N2. The molecule has 2 nitrogen and oxygen atoms in total. The zero-order chi connectivity index (χ0) is 11.4. The van der Waals surface area contributed by atoms with Gasteiger partial charge < -0.3 is 10.6 Å². The molecule has 1 saturated heterocycles. The molecule has 1 heterocycles. The van der Waals surface area contributed by atoms with Crippen LogP contribution in [0.15, 0.2) is 0 Å². The zero-order valence-corrected chi connectivity index (χ0v) is 11.0. The van der Waals surface area contributed by atoms with Gasteiger partial charge in [0.2, 0.25) is 0 Å². The van der Waals surface area contributed by atoms with Gasteiger partial charge in [0.15, 0.2) is 0 Å². The molecule has 0 radical (unpaired) electrons. The highest BCUT2D eigenvalue weighted by molar-refractivity contribution is 4.85. The number of nitrogens with one attached hydrogen (secondary N) is 2. The van der Waals surface area contributed by atoms with Gasteiger partial charge in [-0.15, -0.1) is 0 Å². The van der Waals surface area contributed by atoms with Crippen molar-refractivity contribution in [2.45, 2.75) is 64.5 Å². The van der Waals surface area contributed by atoms with Crippen LogP contribution < -0.4 is 10.6 Å². The highest BCUT2D eigenvalue weighted by Gasteiger charge is 2.26. The fourth-order valence-corrected chi connectivity index (χ4v) is 3.30. The molecule has 1 saturated carbocycles.